The maximum Gasteiger partial charge on any atom is 0.311 e. The molecule has 0 aromatic heterocycles. The molecule has 1 fully saturated rings. The summed E-state index contributed by atoms with van der Waals surface area (Å²) in [6.45, 7) is 7.23. The molecule has 0 amide bonds. The van der Waals surface area contributed by atoms with Gasteiger partial charge in [0, 0.05) is 18.3 Å². The van der Waals surface area contributed by atoms with Crippen molar-refractivity contribution in [3.63, 3.8) is 0 Å². The third-order valence-electron chi connectivity index (χ3n) is 4.87. The highest BCUT2D eigenvalue weighted by atomic mass is 16.5. The Kier molecular flexibility index (Phi) is 5.46. The molecule has 1 aromatic rings. The van der Waals surface area contributed by atoms with Crippen molar-refractivity contribution in [1.82, 2.24) is 5.32 Å². The first-order valence-corrected chi connectivity index (χ1v) is 8.21. The zero-order valence-corrected chi connectivity index (χ0v) is 13.9. The molecule has 122 valence electrons. The zero-order valence-electron chi connectivity index (χ0n) is 13.9. The Morgan fingerprint density at radius 2 is 2.09 bits per heavy atom. The monoisotopic (exact) mass is 304 g/mol. The molecule has 0 aliphatic heterocycles. The van der Waals surface area contributed by atoms with Crippen LogP contribution in [-0.4, -0.2) is 18.6 Å². The zero-order chi connectivity index (χ0) is 16.2. The standard InChI is InChI=1S/C18H28N2O2/c1-4-22-17(21)18(3)10-8-14(9-11-18)20-12-15-13(2)6-5-7-16(15)19/h5-7,14,20H,4,8-12,19H2,1-3H3. The Morgan fingerprint density at radius 1 is 1.41 bits per heavy atom. The molecule has 0 spiro atoms. The van der Waals surface area contributed by atoms with Gasteiger partial charge in [-0.15, -0.1) is 0 Å². The van der Waals surface area contributed by atoms with Crippen LogP contribution in [0.5, 0.6) is 0 Å². The van der Waals surface area contributed by atoms with E-state index in [2.05, 4.69) is 18.3 Å². The minimum atomic E-state index is -0.310. The van der Waals surface area contributed by atoms with E-state index >= 15 is 0 Å². The maximum atomic E-state index is 12.0. The van der Waals surface area contributed by atoms with Crippen LogP contribution < -0.4 is 11.1 Å². The fourth-order valence-corrected chi connectivity index (χ4v) is 3.18. The SMILES string of the molecule is CCOC(=O)C1(C)CCC(NCc2c(C)cccc2N)CC1. The number of hydrogen-bond donors (Lipinski definition) is 2. The number of benzene rings is 1. The molecule has 0 bridgehead atoms. The first-order chi connectivity index (χ1) is 10.5. The smallest absolute Gasteiger partial charge is 0.311 e. The van der Waals surface area contributed by atoms with Crippen molar-refractivity contribution < 1.29 is 9.53 Å². The number of nitrogens with two attached hydrogens (primary N) is 1. The summed E-state index contributed by atoms with van der Waals surface area (Å²) in [7, 11) is 0. The van der Waals surface area contributed by atoms with Crippen molar-refractivity contribution in [2.24, 2.45) is 5.41 Å². The largest absolute Gasteiger partial charge is 0.466 e. The van der Waals surface area contributed by atoms with Gasteiger partial charge in [-0.25, -0.2) is 0 Å². The first-order valence-electron chi connectivity index (χ1n) is 8.21. The number of aryl methyl sites for hydroxylation is 1. The summed E-state index contributed by atoms with van der Waals surface area (Å²) < 4.78 is 5.20. The fourth-order valence-electron chi connectivity index (χ4n) is 3.18. The van der Waals surface area contributed by atoms with E-state index < -0.39 is 0 Å². The van der Waals surface area contributed by atoms with Gasteiger partial charge < -0.3 is 15.8 Å². The predicted octanol–water partition coefficient (Wildman–Crippen LogP) is 3.18. The van der Waals surface area contributed by atoms with Crippen molar-refractivity contribution >= 4 is 11.7 Å². The average Bonchev–Trinajstić information content (AvgIpc) is 2.49. The van der Waals surface area contributed by atoms with Gasteiger partial charge in [-0.2, -0.15) is 0 Å². The van der Waals surface area contributed by atoms with Crippen molar-refractivity contribution in [2.45, 2.75) is 59.0 Å². The molecule has 1 aliphatic rings. The average molecular weight is 304 g/mol. The van der Waals surface area contributed by atoms with Crippen LogP contribution in [0, 0.1) is 12.3 Å². The van der Waals surface area contributed by atoms with Crippen LogP contribution in [0.15, 0.2) is 18.2 Å². The summed E-state index contributed by atoms with van der Waals surface area (Å²) in [5, 5.41) is 3.60. The molecule has 1 aromatic carbocycles. The summed E-state index contributed by atoms with van der Waals surface area (Å²) in [4.78, 5) is 12.0. The number of esters is 1. The molecule has 0 heterocycles. The molecule has 1 saturated carbocycles. The summed E-state index contributed by atoms with van der Waals surface area (Å²) in [6.07, 6.45) is 3.77. The molecule has 22 heavy (non-hydrogen) atoms. The van der Waals surface area contributed by atoms with Gasteiger partial charge in [0.25, 0.3) is 0 Å². The van der Waals surface area contributed by atoms with Gasteiger partial charge in [-0.3, -0.25) is 4.79 Å². The lowest BCUT2D eigenvalue weighted by molar-refractivity contribution is -0.156. The second-order valence-corrected chi connectivity index (χ2v) is 6.58. The van der Waals surface area contributed by atoms with E-state index in [0.717, 1.165) is 37.9 Å². The van der Waals surface area contributed by atoms with Gasteiger partial charge in [-0.05, 0) is 63.6 Å². The van der Waals surface area contributed by atoms with Crippen LogP contribution in [-0.2, 0) is 16.1 Å². The summed E-state index contributed by atoms with van der Waals surface area (Å²) in [5.41, 5.74) is 8.99. The summed E-state index contributed by atoms with van der Waals surface area (Å²) in [5.74, 6) is -0.0448. The number of carbonyl (C=O) groups is 1. The normalized spacial score (nSPS) is 25.0. The molecular formula is C18H28N2O2. The Balaban J connectivity index is 1.87. The van der Waals surface area contributed by atoms with Crippen molar-refractivity contribution in [3.8, 4) is 0 Å². The third-order valence-corrected chi connectivity index (χ3v) is 4.87. The second-order valence-electron chi connectivity index (χ2n) is 6.58. The highest BCUT2D eigenvalue weighted by Gasteiger charge is 2.38. The lowest BCUT2D eigenvalue weighted by Crippen LogP contribution is -2.40. The van der Waals surface area contributed by atoms with E-state index in [4.69, 9.17) is 10.5 Å². The van der Waals surface area contributed by atoms with Gasteiger partial charge >= 0.3 is 5.97 Å². The Bertz CT molecular complexity index is 500. The van der Waals surface area contributed by atoms with E-state index in [0.29, 0.717) is 12.6 Å². The lowest BCUT2D eigenvalue weighted by atomic mass is 9.74. The number of anilines is 1. The van der Waals surface area contributed by atoms with Gasteiger partial charge in [-0.1, -0.05) is 12.1 Å². The molecule has 0 atom stereocenters. The Morgan fingerprint density at radius 3 is 2.68 bits per heavy atom. The van der Waals surface area contributed by atoms with Crippen molar-refractivity contribution in [1.29, 1.82) is 0 Å². The number of nitrogens with one attached hydrogen (secondary N) is 1. The number of rotatable bonds is 5. The van der Waals surface area contributed by atoms with Gasteiger partial charge in [0.2, 0.25) is 0 Å². The molecule has 0 saturated heterocycles. The van der Waals surface area contributed by atoms with Crippen LogP contribution in [0.3, 0.4) is 0 Å². The molecular weight excluding hydrogens is 276 g/mol. The van der Waals surface area contributed by atoms with Crippen LogP contribution in [0.2, 0.25) is 0 Å². The van der Waals surface area contributed by atoms with Gasteiger partial charge in [0.15, 0.2) is 0 Å². The summed E-state index contributed by atoms with van der Waals surface area (Å²) >= 11 is 0. The fraction of sp³-hybridized carbons (Fsp3) is 0.611. The maximum absolute atomic E-state index is 12.0. The molecule has 1 aliphatic carbocycles. The number of nitrogen functional groups attached to an aromatic ring is 1. The predicted molar refractivity (Wildman–Crippen MR) is 89.4 cm³/mol. The van der Waals surface area contributed by atoms with Crippen LogP contribution >= 0.6 is 0 Å². The third kappa shape index (κ3) is 3.80. The molecule has 3 N–H and O–H groups in total. The topological polar surface area (TPSA) is 64.3 Å². The summed E-state index contributed by atoms with van der Waals surface area (Å²) in [6, 6.07) is 6.47. The minimum Gasteiger partial charge on any atom is -0.466 e. The molecule has 4 nitrogen and oxygen atoms in total. The second kappa shape index (κ2) is 7.14. The van der Waals surface area contributed by atoms with Gasteiger partial charge in [0.1, 0.15) is 0 Å². The van der Waals surface area contributed by atoms with Crippen molar-refractivity contribution in [2.75, 3.05) is 12.3 Å². The van der Waals surface area contributed by atoms with Crippen molar-refractivity contribution in [3.05, 3.63) is 29.3 Å². The highest BCUT2D eigenvalue weighted by molar-refractivity contribution is 5.76. The van der Waals surface area contributed by atoms with E-state index in [-0.39, 0.29) is 11.4 Å². The molecule has 2 rings (SSSR count). The molecule has 0 radical (unpaired) electrons. The van der Waals surface area contributed by atoms with E-state index in [9.17, 15) is 4.79 Å². The first kappa shape index (κ1) is 16.8. The molecule has 4 heteroatoms. The highest BCUT2D eigenvalue weighted by Crippen LogP contribution is 2.37. The minimum absolute atomic E-state index is 0.0448. The van der Waals surface area contributed by atoms with E-state index in [1.807, 2.05) is 26.0 Å². The quantitative estimate of drug-likeness (QED) is 0.648. The van der Waals surface area contributed by atoms with Crippen LogP contribution in [0.25, 0.3) is 0 Å². The number of hydrogen-bond acceptors (Lipinski definition) is 4. The van der Waals surface area contributed by atoms with Crippen LogP contribution in [0.1, 0.15) is 50.7 Å². The van der Waals surface area contributed by atoms with E-state index in [1.165, 1.54) is 11.1 Å². The number of ether oxygens (including phenoxy) is 1. The Labute approximate surface area is 133 Å². The molecule has 0 unspecified atom stereocenters. The van der Waals surface area contributed by atoms with Gasteiger partial charge in [0.05, 0.1) is 12.0 Å². The number of carbonyl (C=O) groups excluding carboxylic acids is 1. The van der Waals surface area contributed by atoms with E-state index in [1.54, 1.807) is 0 Å². The van der Waals surface area contributed by atoms with Crippen LogP contribution in [0.4, 0.5) is 5.69 Å². The lowest BCUT2D eigenvalue weighted by Gasteiger charge is -2.35. The Hall–Kier alpha value is -1.55.